The predicted octanol–water partition coefficient (Wildman–Crippen LogP) is -1.51. The van der Waals surface area contributed by atoms with Gasteiger partial charge >= 0.3 is 0 Å². The number of carbonyl (C=O) groups excluding carboxylic acids is 1. The monoisotopic (exact) mass is 235 g/mol. The first-order valence-electron chi connectivity index (χ1n) is 4.88. The third kappa shape index (κ3) is 3.77. The van der Waals surface area contributed by atoms with E-state index in [1.54, 1.807) is 0 Å². The Morgan fingerprint density at radius 1 is 1.47 bits per heavy atom. The fourth-order valence-corrected chi connectivity index (χ4v) is 2.85. The molecule has 1 fully saturated rings. The molecule has 0 aliphatic carbocycles. The van der Waals surface area contributed by atoms with Crippen molar-refractivity contribution in [1.29, 1.82) is 0 Å². The van der Waals surface area contributed by atoms with Crippen molar-refractivity contribution in [3.63, 3.8) is 0 Å². The van der Waals surface area contributed by atoms with Gasteiger partial charge in [0.1, 0.15) is 0 Å². The van der Waals surface area contributed by atoms with E-state index in [0.717, 1.165) is 0 Å². The van der Waals surface area contributed by atoms with E-state index in [2.05, 4.69) is 5.43 Å². The lowest BCUT2D eigenvalue weighted by Gasteiger charge is -2.31. The van der Waals surface area contributed by atoms with Gasteiger partial charge in [0, 0.05) is 25.6 Å². The summed E-state index contributed by atoms with van der Waals surface area (Å²) in [6, 6.07) is 0.0315. The van der Waals surface area contributed by atoms with Gasteiger partial charge in [-0.2, -0.15) is 0 Å². The number of hydrazine groups is 1. The Hall–Kier alpha value is -0.660. The normalized spacial score (nSPS) is 23.3. The standard InChI is InChI=1S/C8H17N3O3S/c1-7(6-8(12)10-9)11-2-4-15(13,14)5-3-11/h7H,2-6,9H2,1H3,(H,10,12). The van der Waals surface area contributed by atoms with E-state index in [9.17, 15) is 13.2 Å². The highest BCUT2D eigenvalue weighted by atomic mass is 32.2. The lowest BCUT2D eigenvalue weighted by atomic mass is 10.2. The molecule has 88 valence electrons. The molecule has 0 saturated carbocycles. The Balaban J connectivity index is 2.43. The van der Waals surface area contributed by atoms with Crippen molar-refractivity contribution >= 4 is 15.7 Å². The van der Waals surface area contributed by atoms with E-state index in [-0.39, 0.29) is 23.5 Å². The highest BCUT2D eigenvalue weighted by Gasteiger charge is 2.25. The lowest BCUT2D eigenvalue weighted by Crippen LogP contribution is -2.47. The van der Waals surface area contributed by atoms with Gasteiger partial charge in [0.05, 0.1) is 11.5 Å². The van der Waals surface area contributed by atoms with Crippen LogP contribution in [-0.4, -0.2) is 49.9 Å². The zero-order chi connectivity index (χ0) is 11.5. The van der Waals surface area contributed by atoms with Gasteiger partial charge in [0.15, 0.2) is 9.84 Å². The maximum atomic E-state index is 11.2. The van der Waals surface area contributed by atoms with Crippen LogP contribution in [0, 0.1) is 0 Å². The Kier molecular flexibility index (Phi) is 4.06. The first-order chi connectivity index (χ1) is 6.94. The maximum Gasteiger partial charge on any atom is 0.235 e. The Morgan fingerprint density at radius 3 is 2.47 bits per heavy atom. The van der Waals surface area contributed by atoms with Crippen molar-refractivity contribution in [2.45, 2.75) is 19.4 Å². The number of carbonyl (C=O) groups is 1. The van der Waals surface area contributed by atoms with Crippen LogP contribution in [0.3, 0.4) is 0 Å². The molecule has 0 bridgehead atoms. The molecule has 1 saturated heterocycles. The first-order valence-corrected chi connectivity index (χ1v) is 6.70. The number of sulfone groups is 1. The topological polar surface area (TPSA) is 92.5 Å². The fourth-order valence-electron chi connectivity index (χ4n) is 1.62. The summed E-state index contributed by atoms with van der Waals surface area (Å²) in [4.78, 5) is 13.0. The molecular formula is C8H17N3O3S. The molecule has 1 aliphatic heterocycles. The molecule has 1 atom stereocenters. The molecule has 1 heterocycles. The van der Waals surface area contributed by atoms with Crippen LogP contribution in [0.2, 0.25) is 0 Å². The van der Waals surface area contributed by atoms with E-state index in [4.69, 9.17) is 5.84 Å². The van der Waals surface area contributed by atoms with E-state index >= 15 is 0 Å². The minimum absolute atomic E-state index is 0.0315. The van der Waals surface area contributed by atoms with Gasteiger partial charge in [-0.25, -0.2) is 14.3 Å². The number of hydrogen-bond donors (Lipinski definition) is 2. The number of nitrogens with one attached hydrogen (secondary N) is 1. The second-order valence-electron chi connectivity index (χ2n) is 3.81. The quantitative estimate of drug-likeness (QED) is 0.352. The lowest BCUT2D eigenvalue weighted by molar-refractivity contribution is -0.122. The van der Waals surface area contributed by atoms with Crippen LogP contribution >= 0.6 is 0 Å². The fraction of sp³-hybridized carbons (Fsp3) is 0.875. The van der Waals surface area contributed by atoms with E-state index in [1.807, 2.05) is 11.8 Å². The van der Waals surface area contributed by atoms with Crippen molar-refractivity contribution < 1.29 is 13.2 Å². The van der Waals surface area contributed by atoms with E-state index < -0.39 is 9.84 Å². The van der Waals surface area contributed by atoms with Crippen LogP contribution in [0.1, 0.15) is 13.3 Å². The Bertz CT molecular complexity index is 314. The molecule has 1 amide bonds. The van der Waals surface area contributed by atoms with Crippen molar-refractivity contribution in [3.05, 3.63) is 0 Å². The summed E-state index contributed by atoms with van der Waals surface area (Å²) in [6.07, 6.45) is 0.302. The number of hydrogen-bond acceptors (Lipinski definition) is 5. The number of rotatable bonds is 3. The highest BCUT2D eigenvalue weighted by Crippen LogP contribution is 2.10. The molecule has 1 rings (SSSR count). The third-order valence-corrected chi connectivity index (χ3v) is 4.25. The smallest absolute Gasteiger partial charge is 0.235 e. The average molecular weight is 235 g/mol. The summed E-state index contributed by atoms with van der Waals surface area (Å²) in [6.45, 7) is 2.90. The highest BCUT2D eigenvalue weighted by molar-refractivity contribution is 7.91. The number of nitrogens with two attached hydrogens (primary N) is 1. The second-order valence-corrected chi connectivity index (χ2v) is 6.11. The molecule has 7 heteroatoms. The predicted molar refractivity (Wildman–Crippen MR) is 56.6 cm³/mol. The molecule has 15 heavy (non-hydrogen) atoms. The minimum atomic E-state index is -2.85. The Labute approximate surface area is 89.7 Å². The second kappa shape index (κ2) is 4.91. The van der Waals surface area contributed by atoms with Gasteiger partial charge in [0.2, 0.25) is 5.91 Å². The van der Waals surface area contributed by atoms with Crippen LogP contribution in [0.5, 0.6) is 0 Å². The summed E-state index contributed by atoms with van der Waals surface area (Å²) in [5.41, 5.74) is 2.07. The average Bonchev–Trinajstić information content (AvgIpc) is 2.17. The molecule has 0 aromatic carbocycles. The molecular weight excluding hydrogens is 218 g/mol. The molecule has 0 radical (unpaired) electrons. The summed E-state index contributed by atoms with van der Waals surface area (Å²) in [5.74, 6) is 5.12. The zero-order valence-electron chi connectivity index (χ0n) is 8.77. The van der Waals surface area contributed by atoms with Crippen LogP contribution in [0.15, 0.2) is 0 Å². The summed E-state index contributed by atoms with van der Waals surface area (Å²) >= 11 is 0. The van der Waals surface area contributed by atoms with Crippen molar-refractivity contribution in [2.75, 3.05) is 24.6 Å². The van der Waals surface area contributed by atoms with Crippen LogP contribution in [-0.2, 0) is 14.6 Å². The van der Waals surface area contributed by atoms with Gasteiger partial charge in [-0.05, 0) is 6.92 Å². The van der Waals surface area contributed by atoms with E-state index in [0.29, 0.717) is 19.5 Å². The SMILES string of the molecule is CC(CC(=O)NN)N1CCS(=O)(=O)CC1. The van der Waals surface area contributed by atoms with Gasteiger partial charge in [-0.3, -0.25) is 15.1 Å². The molecule has 1 aliphatic rings. The summed E-state index contributed by atoms with van der Waals surface area (Å²) in [7, 11) is -2.85. The van der Waals surface area contributed by atoms with Crippen LogP contribution < -0.4 is 11.3 Å². The summed E-state index contributed by atoms with van der Waals surface area (Å²) in [5, 5.41) is 0. The largest absolute Gasteiger partial charge is 0.298 e. The minimum Gasteiger partial charge on any atom is -0.298 e. The van der Waals surface area contributed by atoms with Crippen LogP contribution in [0.4, 0.5) is 0 Å². The third-order valence-electron chi connectivity index (χ3n) is 2.64. The van der Waals surface area contributed by atoms with E-state index in [1.165, 1.54) is 0 Å². The van der Waals surface area contributed by atoms with Gasteiger partial charge in [-0.15, -0.1) is 0 Å². The molecule has 1 unspecified atom stereocenters. The molecule has 0 spiro atoms. The molecule has 0 aromatic heterocycles. The van der Waals surface area contributed by atoms with Crippen LogP contribution in [0.25, 0.3) is 0 Å². The first kappa shape index (κ1) is 12.4. The van der Waals surface area contributed by atoms with Gasteiger partial charge in [0.25, 0.3) is 0 Å². The van der Waals surface area contributed by atoms with Crippen molar-refractivity contribution in [3.8, 4) is 0 Å². The Morgan fingerprint density at radius 2 is 2.00 bits per heavy atom. The summed E-state index contributed by atoms with van der Waals surface area (Å²) < 4.78 is 22.3. The number of amides is 1. The zero-order valence-corrected chi connectivity index (χ0v) is 9.59. The number of nitrogens with zero attached hydrogens (tertiary/aromatic N) is 1. The molecule has 6 nitrogen and oxygen atoms in total. The van der Waals surface area contributed by atoms with Gasteiger partial charge < -0.3 is 0 Å². The van der Waals surface area contributed by atoms with Gasteiger partial charge in [-0.1, -0.05) is 0 Å². The van der Waals surface area contributed by atoms with Crippen molar-refractivity contribution in [2.24, 2.45) is 5.84 Å². The van der Waals surface area contributed by atoms with Crippen molar-refractivity contribution in [1.82, 2.24) is 10.3 Å². The molecule has 0 aromatic rings. The molecule has 3 N–H and O–H groups in total. The maximum absolute atomic E-state index is 11.2.